The van der Waals surface area contributed by atoms with Gasteiger partial charge in [-0.1, -0.05) is 11.6 Å². The lowest BCUT2D eigenvalue weighted by molar-refractivity contribution is 0.472. The largest absolute Gasteiger partial charge is 0.505 e. The van der Waals surface area contributed by atoms with Crippen LogP contribution < -0.4 is 0 Å². The number of pyridine rings is 1. The van der Waals surface area contributed by atoms with E-state index in [9.17, 15) is 0 Å². The van der Waals surface area contributed by atoms with Gasteiger partial charge in [-0.3, -0.25) is 4.98 Å². The maximum atomic E-state index is 8.91. The van der Waals surface area contributed by atoms with E-state index in [4.69, 9.17) is 16.7 Å². The van der Waals surface area contributed by atoms with E-state index in [2.05, 4.69) is 4.98 Å². The molecule has 0 aliphatic carbocycles. The molecule has 0 spiro atoms. The molecular weight excluding hydrogens is 138 g/mol. The number of halogens is 1. The van der Waals surface area contributed by atoms with Crippen LogP contribution in [0.5, 0.6) is 5.75 Å². The van der Waals surface area contributed by atoms with Gasteiger partial charge in [0.2, 0.25) is 0 Å². The predicted molar refractivity (Wildman–Crippen MR) is 35.6 cm³/mol. The van der Waals surface area contributed by atoms with Crippen LogP contribution in [0.25, 0.3) is 0 Å². The fraction of sp³-hybridized carbons (Fsp3) is 0.167. The van der Waals surface area contributed by atoms with Gasteiger partial charge in [-0.15, -0.1) is 0 Å². The molecule has 1 aromatic heterocycles. The first-order valence-electron chi connectivity index (χ1n) is 2.51. The Bertz CT molecular complexity index is 204. The molecule has 0 aliphatic heterocycles. The average Bonchev–Trinajstić information content (AvgIpc) is 1.83. The molecule has 9 heavy (non-hydrogen) atoms. The lowest BCUT2D eigenvalue weighted by Gasteiger charge is -1.96. The molecule has 1 N–H and O–H groups in total. The van der Waals surface area contributed by atoms with Crippen LogP contribution in [0.1, 0.15) is 5.56 Å². The van der Waals surface area contributed by atoms with E-state index in [0.717, 1.165) is 5.56 Å². The second-order valence-electron chi connectivity index (χ2n) is 1.79. The number of hydrogen-bond acceptors (Lipinski definition) is 2. The zero-order valence-electron chi connectivity index (χ0n) is 4.93. The minimum atomic E-state index is 0.0386. The summed E-state index contributed by atoms with van der Waals surface area (Å²) in [5.41, 5.74) is 0.789. The summed E-state index contributed by atoms with van der Waals surface area (Å²) < 4.78 is 0. The van der Waals surface area contributed by atoms with Crippen LogP contribution >= 0.6 is 11.6 Å². The number of nitrogens with zero attached hydrogens (tertiary/aromatic N) is 1. The van der Waals surface area contributed by atoms with Gasteiger partial charge in [0.05, 0.1) is 11.2 Å². The van der Waals surface area contributed by atoms with Gasteiger partial charge in [-0.2, -0.15) is 0 Å². The minimum Gasteiger partial charge on any atom is -0.505 e. The molecule has 0 saturated carbocycles. The first-order chi connectivity index (χ1) is 4.22. The third kappa shape index (κ3) is 1.13. The van der Waals surface area contributed by atoms with Gasteiger partial charge in [0.15, 0.2) is 5.75 Å². The van der Waals surface area contributed by atoms with E-state index in [1.807, 2.05) is 0 Å². The molecule has 1 rings (SSSR count). The molecule has 48 valence electrons. The Kier molecular flexibility index (Phi) is 1.58. The molecule has 0 aromatic carbocycles. The molecule has 1 aromatic rings. The monoisotopic (exact) mass is 143 g/mol. The SMILES string of the molecule is Cc1cncc(O)c1Cl. The molecule has 0 fully saturated rings. The van der Waals surface area contributed by atoms with Crippen molar-refractivity contribution in [3.8, 4) is 5.75 Å². The fourth-order valence-corrected chi connectivity index (χ4v) is 0.633. The van der Waals surface area contributed by atoms with Crippen LogP contribution in [0.4, 0.5) is 0 Å². The molecule has 0 unspecified atom stereocenters. The molecule has 0 bridgehead atoms. The third-order valence-corrected chi connectivity index (χ3v) is 1.53. The number of rotatable bonds is 0. The van der Waals surface area contributed by atoms with Crippen molar-refractivity contribution in [2.24, 2.45) is 0 Å². The highest BCUT2D eigenvalue weighted by molar-refractivity contribution is 6.32. The molecule has 0 aliphatic rings. The number of hydrogen-bond donors (Lipinski definition) is 1. The number of aromatic nitrogens is 1. The Morgan fingerprint density at radius 3 is 2.67 bits per heavy atom. The molecule has 0 radical (unpaired) electrons. The lowest BCUT2D eigenvalue weighted by Crippen LogP contribution is -1.77. The summed E-state index contributed by atoms with van der Waals surface area (Å²) in [6, 6.07) is 0. The van der Waals surface area contributed by atoms with E-state index in [-0.39, 0.29) is 5.75 Å². The fourth-order valence-electron chi connectivity index (χ4n) is 0.535. The van der Waals surface area contributed by atoms with Gasteiger partial charge in [0.25, 0.3) is 0 Å². The topological polar surface area (TPSA) is 33.1 Å². The first kappa shape index (κ1) is 6.36. The second-order valence-corrected chi connectivity index (χ2v) is 2.17. The Labute approximate surface area is 58.1 Å². The predicted octanol–water partition coefficient (Wildman–Crippen LogP) is 1.75. The van der Waals surface area contributed by atoms with Crippen LogP contribution in [0.15, 0.2) is 12.4 Å². The number of aryl methyl sites for hydroxylation is 1. The Morgan fingerprint density at radius 1 is 1.56 bits per heavy atom. The first-order valence-corrected chi connectivity index (χ1v) is 2.88. The molecule has 2 nitrogen and oxygen atoms in total. The van der Waals surface area contributed by atoms with Crippen molar-refractivity contribution in [1.29, 1.82) is 0 Å². The van der Waals surface area contributed by atoms with Gasteiger partial charge in [0, 0.05) is 6.20 Å². The summed E-state index contributed by atoms with van der Waals surface area (Å²) in [7, 11) is 0. The summed E-state index contributed by atoms with van der Waals surface area (Å²) >= 11 is 5.59. The molecule has 0 atom stereocenters. The van der Waals surface area contributed by atoms with Crippen molar-refractivity contribution in [2.75, 3.05) is 0 Å². The highest BCUT2D eigenvalue weighted by Crippen LogP contribution is 2.23. The third-order valence-electron chi connectivity index (χ3n) is 1.04. The average molecular weight is 144 g/mol. The summed E-state index contributed by atoms with van der Waals surface area (Å²) in [6.45, 7) is 1.79. The summed E-state index contributed by atoms with van der Waals surface area (Å²) in [5.74, 6) is 0.0386. The van der Waals surface area contributed by atoms with Gasteiger partial charge in [-0.05, 0) is 12.5 Å². The van der Waals surface area contributed by atoms with Crippen molar-refractivity contribution >= 4 is 11.6 Å². The van der Waals surface area contributed by atoms with Crippen molar-refractivity contribution in [3.63, 3.8) is 0 Å². The standard InChI is InChI=1S/C6H6ClNO/c1-4-2-8-3-5(9)6(4)7/h2-3,9H,1H3. The van der Waals surface area contributed by atoms with Crippen molar-refractivity contribution in [2.45, 2.75) is 6.92 Å². The van der Waals surface area contributed by atoms with Crippen LogP contribution in [0.3, 0.4) is 0 Å². The van der Waals surface area contributed by atoms with Crippen LogP contribution in [0, 0.1) is 6.92 Å². The summed E-state index contributed by atoms with van der Waals surface area (Å²) in [4.78, 5) is 3.71. The molecule has 1 heterocycles. The van der Waals surface area contributed by atoms with Gasteiger partial charge in [0.1, 0.15) is 0 Å². The van der Waals surface area contributed by atoms with Gasteiger partial charge < -0.3 is 5.11 Å². The zero-order chi connectivity index (χ0) is 6.85. The summed E-state index contributed by atoms with van der Waals surface area (Å²) in [5, 5.41) is 9.29. The van der Waals surface area contributed by atoms with E-state index in [0.29, 0.717) is 5.02 Å². The Balaban J connectivity index is 3.25. The van der Waals surface area contributed by atoms with E-state index >= 15 is 0 Å². The highest BCUT2D eigenvalue weighted by Gasteiger charge is 1.98. The quantitative estimate of drug-likeness (QED) is 0.600. The molecule has 0 saturated heterocycles. The molecule has 0 amide bonds. The minimum absolute atomic E-state index is 0.0386. The van der Waals surface area contributed by atoms with Crippen LogP contribution in [-0.2, 0) is 0 Å². The maximum absolute atomic E-state index is 8.91. The maximum Gasteiger partial charge on any atom is 0.152 e. The zero-order valence-corrected chi connectivity index (χ0v) is 5.68. The number of aromatic hydroxyl groups is 1. The lowest BCUT2D eigenvalue weighted by atomic mass is 10.3. The summed E-state index contributed by atoms with van der Waals surface area (Å²) in [6.07, 6.45) is 2.91. The molecular formula is C6H6ClNO. The van der Waals surface area contributed by atoms with E-state index in [1.165, 1.54) is 6.20 Å². The Hall–Kier alpha value is -0.760. The van der Waals surface area contributed by atoms with Crippen molar-refractivity contribution < 1.29 is 5.11 Å². The van der Waals surface area contributed by atoms with E-state index < -0.39 is 0 Å². The van der Waals surface area contributed by atoms with Gasteiger partial charge >= 0.3 is 0 Å². The van der Waals surface area contributed by atoms with Crippen molar-refractivity contribution in [1.82, 2.24) is 4.98 Å². The Morgan fingerprint density at radius 2 is 2.22 bits per heavy atom. The normalized spacial score (nSPS) is 9.56. The van der Waals surface area contributed by atoms with Gasteiger partial charge in [-0.25, -0.2) is 0 Å². The molecule has 3 heteroatoms. The van der Waals surface area contributed by atoms with E-state index in [1.54, 1.807) is 13.1 Å². The van der Waals surface area contributed by atoms with Crippen LogP contribution in [-0.4, -0.2) is 10.1 Å². The van der Waals surface area contributed by atoms with Crippen molar-refractivity contribution in [3.05, 3.63) is 23.0 Å². The van der Waals surface area contributed by atoms with Crippen LogP contribution in [0.2, 0.25) is 5.02 Å². The second kappa shape index (κ2) is 2.23. The smallest absolute Gasteiger partial charge is 0.152 e. The highest BCUT2D eigenvalue weighted by atomic mass is 35.5.